The van der Waals surface area contributed by atoms with Crippen LogP contribution < -0.4 is 14.9 Å². The molecule has 0 amide bonds. The Kier molecular flexibility index (Phi) is 6.64. The summed E-state index contributed by atoms with van der Waals surface area (Å²) < 4.78 is 11.1. The maximum absolute atomic E-state index is 11.6. The van der Waals surface area contributed by atoms with E-state index in [0.717, 1.165) is 16.8 Å². The van der Waals surface area contributed by atoms with Gasteiger partial charge in [-0.1, -0.05) is 36.4 Å². The first-order chi connectivity index (χ1) is 14.5. The van der Waals surface area contributed by atoms with Crippen LogP contribution in [0.4, 0.5) is 11.4 Å². The van der Waals surface area contributed by atoms with E-state index in [1.165, 1.54) is 25.0 Å². The number of rotatable bonds is 8. The van der Waals surface area contributed by atoms with Gasteiger partial charge < -0.3 is 9.47 Å². The highest BCUT2D eigenvalue weighted by Crippen LogP contribution is 2.38. The van der Waals surface area contributed by atoms with Crippen molar-refractivity contribution in [2.45, 2.75) is 20.5 Å². The SMILES string of the molecule is COc1cc(/C=N/Nc2ccc(C)c(C)c2)cc([N+](=O)[O-])c1OCc1ccccc1. The van der Waals surface area contributed by atoms with Crippen LogP contribution in [0.25, 0.3) is 0 Å². The number of methoxy groups -OCH3 is 1. The molecule has 7 nitrogen and oxygen atoms in total. The van der Waals surface area contributed by atoms with Gasteiger partial charge in [-0.2, -0.15) is 5.10 Å². The maximum Gasteiger partial charge on any atom is 0.315 e. The summed E-state index contributed by atoms with van der Waals surface area (Å²) in [5.74, 6) is 0.360. The highest BCUT2D eigenvalue weighted by Gasteiger charge is 2.22. The van der Waals surface area contributed by atoms with Gasteiger partial charge in [0.2, 0.25) is 5.75 Å². The van der Waals surface area contributed by atoms with Gasteiger partial charge in [-0.25, -0.2) is 0 Å². The van der Waals surface area contributed by atoms with E-state index in [9.17, 15) is 10.1 Å². The summed E-state index contributed by atoms with van der Waals surface area (Å²) >= 11 is 0. The molecule has 7 heteroatoms. The number of ether oxygens (including phenoxy) is 2. The molecule has 30 heavy (non-hydrogen) atoms. The van der Waals surface area contributed by atoms with Crippen LogP contribution in [0.3, 0.4) is 0 Å². The number of aryl methyl sites for hydroxylation is 2. The van der Waals surface area contributed by atoms with Crippen LogP contribution >= 0.6 is 0 Å². The van der Waals surface area contributed by atoms with Gasteiger partial charge in [0.1, 0.15) is 6.61 Å². The minimum Gasteiger partial charge on any atom is -0.493 e. The van der Waals surface area contributed by atoms with Crippen LogP contribution in [-0.2, 0) is 6.61 Å². The number of nitrogens with one attached hydrogen (secondary N) is 1. The molecule has 0 spiro atoms. The van der Waals surface area contributed by atoms with Crippen molar-refractivity contribution in [3.63, 3.8) is 0 Å². The third kappa shape index (κ3) is 5.14. The zero-order valence-electron chi connectivity index (χ0n) is 17.1. The summed E-state index contributed by atoms with van der Waals surface area (Å²) in [5, 5.41) is 15.8. The molecule has 0 bridgehead atoms. The molecule has 3 aromatic rings. The van der Waals surface area contributed by atoms with E-state index in [4.69, 9.17) is 9.47 Å². The topological polar surface area (TPSA) is 86.0 Å². The molecule has 0 heterocycles. The highest BCUT2D eigenvalue weighted by molar-refractivity contribution is 5.83. The van der Waals surface area contributed by atoms with E-state index < -0.39 is 4.92 Å². The molecule has 0 aliphatic rings. The van der Waals surface area contributed by atoms with Crippen molar-refractivity contribution in [3.8, 4) is 11.5 Å². The lowest BCUT2D eigenvalue weighted by Gasteiger charge is -2.12. The predicted molar refractivity (Wildman–Crippen MR) is 118 cm³/mol. The molecular formula is C23H23N3O4. The quantitative estimate of drug-likeness (QED) is 0.314. The number of hydrogen-bond acceptors (Lipinski definition) is 6. The molecule has 3 rings (SSSR count). The lowest BCUT2D eigenvalue weighted by atomic mass is 10.1. The third-order valence-electron chi connectivity index (χ3n) is 4.61. The van der Waals surface area contributed by atoms with Crippen molar-refractivity contribution in [3.05, 3.63) is 93.0 Å². The van der Waals surface area contributed by atoms with Crippen molar-refractivity contribution in [1.29, 1.82) is 0 Å². The van der Waals surface area contributed by atoms with Gasteiger partial charge in [-0.05, 0) is 48.7 Å². The Morgan fingerprint density at radius 2 is 1.83 bits per heavy atom. The van der Waals surface area contributed by atoms with E-state index in [-0.39, 0.29) is 23.8 Å². The summed E-state index contributed by atoms with van der Waals surface area (Å²) in [6.45, 7) is 4.25. The number of nitro benzene ring substituents is 1. The van der Waals surface area contributed by atoms with Crippen molar-refractivity contribution >= 4 is 17.6 Å². The summed E-state index contributed by atoms with van der Waals surface area (Å²) in [5.41, 5.74) is 7.34. The molecule has 3 aromatic carbocycles. The summed E-state index contributed by atoms with van der Waals surface area (Å²) in [6.07, 6.45) is 1.51. The second-order valence-corrected chi connectivity index (χ2v) is 6.77. The van der Waals surface area contributed by atoms with Gasteiger partial charge in [0, 0.05) is 11.6 Å². The minimum absolute atomic E-state index is 0.0885. The van der Waals surface area contributed by atoms with E-state index in [0.29, 0.717) is 5.56 Å². The largest absolute Gasteiger partial charge is 0.493 e. The van der Waals surface area contributed by atoms with Gasteiger partial charge in [-0.15, -0.1) is 0 Å². The number of hydrogen-bond donors (Lipinski definition) is 1. The molecule has 1 N–H and O–H groups in total. The molecule has 0 saturated carbocycles. The van der Waals surface area contributed by atoms with E-state index in [1.54, 1.807) is 6.07 Å². The lowest BCUT2D eigenvalue weighted by Crippen LogP contribution is -2.03. The Balaban J connectivity index is 1.82. The van der Waals surface area contributed by atoms with Gasteiger partial charge in [0.05, 0.1) is 23.9 Å². The first kappa shape index (κ1) is 20.9. The van der Waals surface area contributed by atoms with Gasteiger partial charge >= 0.3 is 5.69 Å². The van der Waals surface area contributed by atoms with Crippen LogP contribution in [0.5, 0.6) is 11.5 Å². The monoisotopic (exact) mass is 405 g/mol. The fourth-order valence-corrected chi connectivity index (χ4v) is 2.84. The number of nitrogens with zero attached hydrogens (tertiary/aromatic N) is 2. The Morgan fingerprint density at radius 3 is 2.50 bits per heavy atom. The Hall–Kier alpha value is -3.87. The van der Waals surface area contributed by atoms with Crippen LogP contribution in [0.15, 0.2) is 65.8 Å². The molecule has 0 saturated heterocycles. The normalized spacial score (nSPS) is 10.8. The molecule has 0 fully saturated rings. The molecule has 0 unspecified atom stereocenters. The van der Waals surface area contributed by atoms with E-state index in [1.807, 2.05) is 62.4 Å². The van der Waals surface area contributed by atoms with Crippen LogP contribution in [0, 0.1) is 24.0 Å². The Morgan fingerprint density at radius 1 is 1.07 bits per heavy atom. The number of nitro groups is 1. The predicted octanol–water partition coefficient (Wildman–Crippen LogP) is 5.25. The van der Waals surface area contributed by atoms with Crippen LogP contribution in [0.1, 0.15) is 22.3 Å². The molecule has 0 aliphatic carbocycles. The van der Waals surface area contributed by atoms with Gasteiger partial charge in [0.25, 0.3) is 0 Å². The molecule has 0 aromatic heterocycles. The lowest BCUT2D eigenvalue weighted by molar-refractivity contribution is -0.386. The molecular weight excluding hydrogens is 382 g/mol. The van der Waals surface area contributed by atoms with E-state index in [2.05, 4.69) is 10.5 Å². The second kappa shape index (κ2) is 9.56. The maximum atomic E-state index is 11.6. The zero-order chi connectivity index (χ0) is 21.5. The molecule has 0 aliphatic heterocycles. The number of anilines is 1. The third-order valence-corrected chi connectivity index (χ3v) is 4.61. The molecule has 0 atom stereocenters. The van der Waals surface area contributed by atoms with Crippen LogP contribution in [0.2, 0.25) is 0 Å². The van der Waals surface area contributed by atoms with E-state index >= 15 is 0 Å². The van der Waals surface area contributed by atoms with Gasteiger partial charge in [-0.3, -0.25) is 15.5 Å². The average Bonchev–Trinajstić information content (AvgIpc) is 2.75. The minimum atomic E-state index is -0.489. The first-order valence-electron chi connectivity index (χ1n) is 9.37. The fraction of sp³-hybridized carbons (Fsp3) is 0.174. The second-order valence-electron chi connectivity index (χ2n) is 6.77. The smallest absolute Gasteiger partial charge is 0.315 e. The Labute approximate surface area is 175 Å². The highest BCUT2D eigenvalue weighted by atomic mass is 16.6. The molecule has 0 radical (unpaired) electrons. The first-order valence-corrected chi connectivity index (χ1v) is 9.37. The van der Waals surface area contributed by atoms with Crippen molar-refractivity contribution in [2.24, 2.45) is 5.10 Å². The Bertz CT molecular complexity index is 1070. The van der Waals surface area contributed by atoms with Crippen molar-refractivity contribution in [1.82, 2.24) is 0 Å². The average molecular weight is 405 g/mol. The van der Waals surface area contributed by atoms with Gasteiger partial charge in [0.15, 0.2) is 5.75 Å². The number of hydrazone groups is 1. The number of benzene rings is 3. The summed E-state index contributed by atoms with van der Waals surface area (Å²) in [7, 11) is 1.45. The summed E-state index contributed by atoms with van der Waals surface area (Å²) in [6, 6.07) is 18.4. The standard InChI is InChI=1S/C23H23N3O4/c1-16-9-10-20(11-17(16)2)25-24-14-19-12-21(26(27)28)23(22(13-19)29-3)30-15-18-7-5-4-6-8-18/h4-14,25H,15H2,1-3H3/b24-14+. The molecule has 154 valence electrons. The fourth-order valence-electron chi connectivity index (χ4n) is 2.84. The summed E-state index contributed by atoms with van der Waals surface area (Å²) in [4.78, 5) is 11.1. The van der Waals surface area contributed by atoms with Crippen molar-refractivity contribution in [2.75, 3.05) is 12.5 Å². The van der Waals surface area contributed by atoms with Crippen molar-refractivity contribution < 1.29 is 14.4 Å². The zero-order valence-corrected chi connectivity index (χ0v) is 17.1. The van der Waals surface area contributed by atoms with Crippen LogP contribution in [-0.4, -0.2) is 18.2 Å².